The first-order valence-electron chi connectivity index (χ1n) is 7.39. The molecule has 128 valence electrons. The number of rotatable bonds is 5. The normalized spacial score (nSPS) is 11.4. The minimum absolute atomic E-state index is 0.110. The van der Waals surface area contributed by atoms with Gasteiger partial charge in [-0.1, -0.05) is 31.5 Å². The van der Waals surface area contributed by atoms with Gasteiger partial charge in [0.25, 0.3) is 10.0 Å². The highest BCUT2D eigenvalue weighted by atomic mass is 35.5. The largest absolute Gasteiger partial charge is 0.326 e. The van der Waals surface area contributed by atoms with E-state index in [-0.39, 0.29) is 16.7 Å². The maximum Gasteiger partial charge on any atom is 0.262 e. The van der Waals surface area contributed by atoms with Crippen LogP contribution in [0.25, 0.3) is 0 Å². The molecule has 2 rings (SSSR count). The Bertz CT molecular complexity index is 847. The zero-order chi connectivity index (χ0) is 17.9. The van der Waals surface area contributed by atoms with E-state index in [4.69, 9.17) is 11.6 Å². The number of sulfonamides is 1. The molecule has 2 aromatic rings. The molecule has 0 radical (unpaired) electrons. The van der Waals surface area contributed by atoms with Gasteiger partial charge in [-0.25, -0.2) is 8.42 Å². The summed E-state index contributed by atoms with van der Waals surface area (Å²) in [6.45, 7) is 5.23. The van der Waals surface area contributed by atoms with Crippen molar-refractivity contribution >= 4 is 38.9 Å². The van der Waals surface area contributed by atoms with Gasteiger partial charge in [-0.2, -0.15) is 0 Å². The molecule has 1 amide bonds. The molecule has 2 aromatic carbocycles. The molecule has 0 heterocycles. The Morgan fingerprint density at radius 1 is 1.04 bits per heavy atom. The number of hydrogen-bond acceptors (Lipinski definition) is 3. The Labute approximate surface area is 147 Å². The summed E-state index contributed by atoms with van der Waals surface area (Å²) < 4.78 is 27.8. The summed E-state index contributed by atoms with van der Waals surface area (Å²) in [6.07, 6.45) is 0. The number of aryl methyl sites for hydroxylation is 1. The number of hydrogen-bond donors (Lipinski definition) is 2. The maximum atomic E-state index is 12.6. The van der Waals surface area contributed by atoms with Crippen LogP contribution in [0.4, 0.5) is 11.4 Å². The van der Waals surface area contributed by atoms with E-state index in [2.05, 4.69) is 10.0 Å². The fourth-order valence-electron chi connectivity index (χ4n) is 1.98. The minimum Gasteiger partial charge on any atom is -0.326 e. The van der Waals surface area contributed by atoms with Gasteiger partial charge in [-0.15, -0.1) is 0 Å². The summed E-state index contributed by atoms with van der Waals surface area (Å²) >= 11 is 5.80. The number of benzene rings is 2. The van der Waals surface area contributed by atoms with Crippen molar-refractivity contribution in [2.45, 2.75) is 25.7 Å². The van der Waals surface area contributed by atoms with Gasteiger partial charge < -0.3 is 5.32 Å². The molecule has 0 aliphatic carbocycles. The summed E-state index contributed by atoms with van der Waals surface area (Å²) in [6, 6.07) is 11.2. The molecule has 0 bridgehead atoms. The number of carbonyl (C=O) groups excluding carboxylic acids is 1. The second-order valence-corrected chi connectivity index (χ2v) is 7.82. The first-order valence-corrected chi connectivity index (χ1v) is 9.25. The molecule has 0 unspecified atom stereocenters. The highest BCUT2D eigenvalue weighted by Gasteiger charge is 2.18. The van der Waals surface area contributed by atoms with Crippen LogP contribution < -0.4 is 10.0 Å². The van der Waals surface area contributed by atoms with E-state index in [1.165, 1.54) is 6.07 Å². The van der Waals surface area contributed by atoms with E-state index in [0.29, 0.717) is 22.0 Å². The Morgan fingerprint density at radius 2 is 1.62 bits per heavy atom. The van der Waals surface area contributed by atoms with Crippen molar-refractivity contribution < 1.29 is 13.2 Å². The SMILES string of the molecule is Cc1ccc(NC(=O)C(C)C)cc1S(=O)(=O)Nc1ccc(Cl)cc1. The lowest BCUT2D eigenvalue weighted by molar-refractivity contribution is -0.118. The summed E-state index contributed by atoms with van der Waals surface area (Å²) in [5, 5.41) is 3.22. The van der Waals surface area contributed by atoms with Crippen LogP contribution in [0.3, 0.4) is 0 Å². The Morgan fingerprint density at radius 3 is 2.21 bits per heavy atom. The second kappa shape index (κ2) is 7.23. The summed E-state index contributed by atoms with van der Waals surface area (Å²) in [7, 11) is -3.78. The van der Waals surface area contributed by atoms with Gasteiger partial charge in [0.15, 0.2) is 0 Å². The topological polar surface area (TPSA) is 75.3 Å². The molecular weight excluding hydrogens is 348 g/mol. The summed E-state index contributed by atoms with van der Waals surface area (Å²) in [5.74, 6) is -0.369. The molecule has 7 heteroatoms. The zero-order valence-corrected chi connectivity index (χ0v) is 15.2. The maximum absolute atomic E-state index is 12.6. The zero-order valence-electron chi connectivity index (χ0n) is 13.6. The first-order chi connectivity index (χ1) is 11.2. The third kappa shape index (κ3) is 4.49. The van der Waals surface area contributed by atoms with Gasteiger partial charge in [-0.05, 0) is 48.9 Å². The van der Waals surface area contributed by atoms with E-state index >= 15 is 0 Å². The third-order valence-corrected chi connectivity index (χ3v) is 5.14. The Balaban J connectivity index is 2.31. The monoisotopic (exact) mass is 366 g/mol. The van der Waals surface area contributed by atoms with E-state index in [1.54, 1.807) is 57.2 Å². The van der Waals surface area contributed by atoms with Crippen LogP contribution >= 0.6 is 11.6 Å². The van der Waals surface area contributed by atoms with Crippen molar-refractivity contribution in [3.05, 3.63) is 53.1 Å². The third-order valence-electron chi connectivity index (χ3n) is 3.37. The fourth-order valence-corrected chi connectivity index (χ4v) is 3.44. The Hall–Kier alpha value is -2.05. The summed E-state index contributed by atoms with van der Waals surface area (Å²) in [4.78, 5) is 11.9. The predicted molar refractivity (Wildman–Crippen MR) is 96.9 cm³/mol. The number of nitrogens with one attached hydrogen (secondary N) is 2. The van der Waals surface area contributed by atoms with Gasteiger partial charge >= 0.3 is 0 Å². The molecule has 0 spiro atoms. The highest BCUT2D eigenvalue weighted by molar-refractivity contribution is 7.92. The fraction of sp³-hybridized carbons (Fsp3) is 0.235. The van der Waals surface area contributed by atoms with Gasteiger partial charge in [0.05, 0.1) is 4.90 Å². The van der Waals surface area contributed by atoms with Gasteiger partial charge in [-0.3, -0.25) is 9.52 Å². The Kier molecular flexibility index (Phi) is 5.51. The lowest BCUT2D eigenvalue weighted by Crippen LogP contribution is -2.19. The molecule has 0 saturated heterocycles. The number of amides is 1. The minimum atomic E-state index is -3.78. The van der Waals surface area contributed by atoms with Crippen LogP contribution in [0, 0.1) is 12.8 Å². The molecule has 24 heavy (non-hydrogen) atoms. The molecule has 0 atom stereocenters. The molecular formula is C17H19ClN2O3S. The second-order valence-electron chi connectivity index (χ2n) is 5.74. The number of anilines is 2. The molecule has 0 fully saturated rings. The molecule has 5 nitrogen and oxygen atoms in total. The van der Waals surface area contributed by atoms with E-state index < -0.39 is 10.0 Å². The van der Waals surface area contributed by atoms with Crippen LogP contribution in [-0.2, 0) is 14.8 Å². The van der Waals surface area contributed by atoms with Crippen LogP contribution in [-0.4, -0.2) is 14.3 Å². The molecule has 2 N–H and O–H groups in total. The highest BCUT2D eigenvalue weighted by Crippen LogP contribution is 2.24. The van der Waals surface area contributed by atoms with Gasteiger partial charge in [0.1, 0.15) is 0 Å². The predicted octanol–water partition coefficient (Wildman–Crippen LogP) is 4.04. The molecule has 0 aromatic heterocycles. The number of halogens is 1. The molecule has 0 saturated carbocycles. The van der Waals surface area contributed by atoms with Crippen LogP contribution in [0.1, 0.15) is 19.4 Å². The van der Waals surface area contributed by atoms with Crippen LogP contribution in [0.2, 0.25) is 5.02 Å². The van der Waals surface area contributed by atoms with Crippen molar-refractivity contribution in [1.82, 2.24) is 0 Å². The first kappa shape index (κ1) is 18.3. The summed E-state index contributed by atoms with van der Waals surface area (Å²) in [5.41, 5.74) is 1.44. The molecule has 0 aliphatic rings. The number of carbonyl (C=O) groups is 1. The smallest absolute Gasteiger partial charge is 0.262 e. The van der Waals surface area contributed by atoms with Crippen molar-refractivity contribution in [3.63, 3.8) is 0 Å². The lowest BCUT2D eigenvalue weighted by Gasteiger charge is -2.13. The van der Waals surface area contributed by atoms with Crippen molar-refractivity contribution in [1.29, 1.82) is 0 Å². The average Bonchev–Trinajstić information content (AvgIpc) is 2.51. The van der Waals surface area contributed by atoms with Crippen molar-refractivity contribution in [2.24, 2.45) is 5.92 Å². The van der Waals surface area contributed by atoms with Crippen molar-refractivity contribution in [3.8, 4) is 0 Å². The van der Waals surface area contributed by atoms with Gasteiger partial charge in [0.2, 0.25) is 5.91 Å². The van der Waals surface area contributed by atoms with Gasteiger partial charge in [0, 0.05) is 22.3 Å². The van der Waals surface area contributed by atoms with Crippen molar-refractivity contribution in [2.75, 3.05) is 10.0 Å². The van der Waals surface area contributed by atoms with E-state index in [0.717, 1.165) is 0 Å². The lowest BCUT2D eigenvalue weighted by atomic mass is 10.2. The van der Waals surface area contributed by atoms with Crippen LogP contribution in [0.5, 0.6) is 0 Å². The average molecular weight is 367 g/mol. The van der Waals surface area contributed by atoms with Crippen LogP contribution in [0.15, 0.2) is 47.4 Å². The van der Waals surface area contributed by atoms with E-state index in [9.17, 15) is 13.2 Å². The quantitative estimate of drug-likeness (QED) is 0.838. The molecule has 0 aliphatic heterocycles. The van der Waals surface area contributed by atoms with E-state index in [1.807, 2.05) is 0 Å². The standard InChI is InChI=1S/C17H19ClN2O3S/c1-11(2)17(21)19-15-7-4-12(3)16(10-15)24(22,23)20-14-8-5-13(18)6-9-14/h4-11,20H,1-3H3,(H,19,21).